The van der Waals surface area contributed by atoms with Crippen molar-refractivity contribution in [3.05, 3.63) is 36.5 Å². The summed E-state index contributed by atoms with van der Waals surface area (Å²) in [5.74, 6) is 0.766. The normalized spacial score (nSPS) is 19.3. The van der Waals surface area contributed by atoms with Crippen molar-refractivity contribution in [2.75, 3.05) is 0 Å². The van der Waals surface area contributed by atoms with Crippen molar-refractivity contribution in [3.63, 3.8) is 0 Å². The summed E-state index contributed by atoms with van der Waals surface area (Å²) in [4.78, 5) is 4.03. The van der Waals surface area contributed by atoms with Gasteiger partial charge in [0.2, 0.25) is 0 Å². The van der Waals surface area contributed by atoms with Gasteiger partial charge in [-0.15, -0.1) is 0 Å². The van der Waals surface area contributed by atoms with Crippen molar-refractivity contribution < 1.29 is 0 Å². The summed E-state index contributed by atoms with van der Waals surface area (Å²) in [7, 11) is 0. The molecule has 0 saturated heterocycles. The molecule has 0 spiro atoms. The molecule has 2 rings (SSSR count). The summed E-state index contributed by atoms with van der Waals surface area (Å²) in [6.45, 7) is 0. The Bertz CT molecular complexity index is 224. The highest BCUT2D eigenvalue weighted by atomic mass is 14.6. The predicted molar refractivity (Wildman–Crippen MR) is 49.7 cm³/mol. The summed E-state index contributed by atoms with van der Waals surface area (Å²) >= 11 is 0. The van der Waals surface area contributed by atoms with E-state index in [2.05, 4.69) is 23.5 Å². The number of nitrogens with zero attached hydrogens (tertiary/aromatic N) is 1. The first-order valence-electron chi connectivity index (χ1n) is 4.68. The van der Waals surface area contributed by atoms with Crippen molar-refractivity contribution in [2.24, 2.45) is 0 Å². The smallest absolute Gasteiger partial charge is 0.0270 e. The van der Waals surface area contributed by atoms with Crippen LogP contribution in [0.1, 0.15) is 37.2 Å². The van der Waals surface area contributed by atoms with Gasteiger partial charge in [-0.2, -0.15) is 0 Å². The Kier molecular flexibility index (Phi) is 2.40. The average Bonchev–Trinajstić information content (AvgIpc) is 2.21. The molecule has 1 aromatic rings. The van der Waals surface area contributed by atoms with Crippen LogP contribution >= 0.6 is 0 Å². The lowest BCUT2D eigenvalue weighted by Crippen LogP contribution is -2.04. The Balaban J connectivity index is 2.08. The molecule has 0 N–H and O–H groups in total. The Morgan fingerprint density at radius 1 is 1.25 bits per heavy atom. The lowest BCUT2D eigenvalue weighted by Gasteiger charge is -2.21. The SMILES string of the molecule is [CH]1CCCC(c2ccncc2)C1. The third-order valence-corrected chi connectivity index (χ3v) is 2.59. The first-order valence-corrected chi connectivity index (χ1v) is 4.68. The molecule has 12 heavy (non-hydrogen) atoms. The summed E-state index contributed by atoms with van der Waals surface area (Å²) in [6, 6.07) is 4.29. The van der Waals surface area contributed by atoms with Crippen LogP contribution in [0.25, 0.3) is 0 Å². The monoisotopic (exact) mass is 160 g/mol. The maximum absolute atomic E-state index is 4.03. The highest BCUT2D eigenvalue weighted by molar-refractivity contribution is 5.17. The summed E-state index contributed by atoms with van der Waals surface area (Å²) in [5, 5.41) is 0. The van der Waals surface area contributed by atoms with Gasteiger partial charge >= 0.3 is 0 Å². The summed E-state index contributed by atoms with van der Waals surface area (Å²) in [6.07, 6.45) is 11.5. The molecular formula is C11H14N. The van der Waals surface area contributed by atoms with E-state index in [1.165, 1.54) is 31.2 Å². The molecular weight excluding hydrogens is 146 g/mol. The molecule has 63 valence electrons. The van der Waals surface area contributed by atoms with Crippen LogP contribution in [-0.2, 0) is 0 Å². The van der Waals surface area contributed by atoms with E-state index in [-0.39, 0.29) is 0 Å². The highest BCUT2D eigenvalue weighted by Crippen LogP contribution is 2.31. The molecule has 1 fully saturated rings. The van der Waals surface area contributed by atoms with Crippen molar-refractivity contribution in [2.45, 2.75) is 31.6 Å². The zero-order valence-corrected chi connectivity index (χ0v) is 7.24. The van der Waals surface area contributed by atoms with Crippen molar-refractivity contribution >= 4 is 0 Å². The van der Waals surface area contributed by atoms with Gasteiger partial charge in [0.15, 0.2) is 0 Å². The van der Waals surface area contributed by atoms with Gasteiger partial charge < -0.3 is 0 Å². The fraction of sp³-hybridized carbons (Fsp3) is 0.455. The third-order valence-electron chi connectivity index (χ3n) is 2.59. The zero-order valence-electron chi connectivity index (χ0n) is 7.24. The van der Waals surface area contributed by atoms with E-state index in [0.717, 1.165) is 5.92 Å². The van der Waals surface area contributed by atoms with Gasteiger partial charge in [-0.25, -0.2) is 0 Å². The molecule has 1 radical (unpaired) electrons. The Morgan fingerprint density at radius 3 is 2.75 bits per heavy atom. The lowest BCUT2D eigenvalue weighted by atomic mass is 9.85. The van der Waals surface area contributed by atoms with Gasteiger partial charge in [0.1, 0.15) is 0 Å². The minimum Gasteiger partial charge on any atom is -0.265 e. The Morgan fingerprint density at radius 2 is 2.08 bits per heavy atom. The molecule has 1 heterocycles. The van der Waals surface area contributed by atoms with Crippen LogP contribution in [0.4, 0.5) is 0 Å². The third kappa shape index (κ3) is 1.66. The highest BCUT2D eigenvalue weighted by Gasteiger charge is 2.14. The van der Waals surface area contributed by atoms with Crippen molar-refractivity contribution in [1.29, 1.82) is 0 Å². The summed E-state index contributed by atoms with van der Waals surface area (Å²) < 4.78 is 0. The molecule has 1 nitrogen and oxygen atoms in total. The van der Waals surface area contributed by atoms with E-state index in [1.807, 2.05) is 12.4 Å². The minimum atomic E-state index is 0.766. The maximum Gasteiger partial charge on any atom is 0.0270 e. The quantitative estimate of drug-likeness (QED) is 0.615. The number of hydrogen-bond acceptors (Lipinski definition) is 1. The Hall–Kier alpha value is -0.850. The lowest BCUT2D eigenvalue weighted by molar-refractivity contribution is 0.517. The fourth-order valence-corrected chi connectivity index (χ4v) is 1.88. The van der Waals surface area contributed by atoms with Gasteiger partial charge in [0, 0.05) is 12.4 Å². The van der Waals surface area contributed by atoms with Gasteiger partial charge in [-0.3, -0.25) is 4.98 Å². The van der Waals surface area contributed by atoms with Gasteiger partial charge in [0.25, 0.3) is 0 Å². The standard InChI is InChI=1S/C11H14N/c1-2-4-10(5-3-1)11-6-8-12-9-7-11/h2,6-10H,1,3-5H2. The first-order chi connectivity index (χ1) is 5.97. The Labute approximate surface area is 73.8 Å². The molecule has 0 bridgehead atoms. The van der Waals surface area contributed by atoms with Crippen molar-refractivity contribution in [3.8, 4) is 0 Å². The number of rotatable bonds is 1. The molecule has 0 aliphatic heterocycles. The van der Waals surface area contributed by atoms with Crippen LogP contribution in [0, 0.1) is 6.42 Å². The maximum atomic E-state index is 4.03. The number of pyridine rings is 1. The van der Waals surface area contributed by atoms with E-state index in [0.29, 0.717) is 0 Å². The molecule has 1 atom stereocenters. The van der Waals surface area contributed by atoms with Crippen LogP contribution in [-0.4, -0.2) is 4.98 Å². The van der Waals surface area contributed by atoms with Gasteiger partial charge in [-0.05, 0) is 42.9 Å². The predicted octanol–water partition coefficient (Wildman–Crippen LogP) is 2.94. The second-order valence-electron chi connectivity index (χ2n) is 3.43. The molecule has 1 aliphatic carbocycles. The topological polar surface area (TPSA) is 12.9 Å². The van der Waals surface area contributed by atoms with E-state index < -0.39 is 0 Å². The number of hydrogen-bond donors (Lipinski definition) is 0. The van der Waals surface area contributed by atoms with Gasteiger partial charge in [0.05, 0.1) is 0 Å². The average molecular weight is 160 g/mol. The minimum absolute atomic E-state index is 0.766. The largest absolute Gasteiger partial charge is 0.265 e. The molecule has 1 heteroatoms. The van der Waals surface area contributed by atoms with E-state index in [9.17, 15) is 0 Å². The molecule has 1 unspecified atom stereocenters. The van der Waals surface area contributed by atoms with Crippen LogP contribution in [0.2, 0.25) is 0 Å². The van der Waals surface area contributed by atoms with Crippen molar-refractivity contribution in [1.82, 2.24) is 4.98 Å². The summed E-state index contributed by atoms with van der Waals surface area (Å²) in [5.41, 5.74) is 1.46. The molecule has 1 aromatic heterocycles. The van der Waals surface area contributed by atoms with Crippen LogP contribution < -0.4 is 0 Å². The van der Waals surface area contributed by atoms with Crippen LogP contribution in [0.5, 0.6) is 0 Å². The molecule has 0 amide bonds. The molecule has 1 saturated carbocycles. The second-order valence-corrected chi connectivity index (χ2v) is 3.43. The first kappa shape index (κ1) is 7.78. The zero-order chi connectivity index (χ0) is 8.23. The fourth-order valence-electron chi connectivity index (χ4n) is 1.88. The van der Waals surface area contributed by atoms with E-state index >= 15 is 0 Å². The second kappa shape index (κ2) is 3.70. The van der Waals surface area contributed by atoms with E-state index in [4.69, 9.17) is 0 Å². The van der Waals surface area contributed by atoms with Crippen LogP contribution in [0.3, 0.4) is 0 Å². The van der Waals surface area contributed by atoms with Gasteiger partial charge in [-0.1, -0.05) is 12.8 Å². The number of aromatic nitrogens is 1. The molecule has 0 aromatic carbocycles. The van der Waals surface area contributed by atoms with Crippen LogP contribution in [0.15, 0.2) is 24.5 Å². The molecule has 1 aliphatic rings. The van der Waals surface area contributed by atoms with E-state index in [1.54, 1.807) is 0 Å².